The topological polar surface area (TPSA) is 59.0 Å². The molecule has 2 aliphatic heterocycles. The molecule has 3 rings (SSSR count). The second-order valence-corrected chi connectivity index (χ2v) is 5.55. The highest BCUT2D eigenvalue weighted by Crippen LogP contribution is 2.37. The van der Waals surface area contributed by atoms with Gasteiger partial charge < -0.3 is 14.6 Å². The van der Waals surface area contributed by atoms with Crippen LogP contribution < -0.4 is 0 Å². The van der Waals surface area contributed by atoms with Gasteiger partial charge >= 0.3 is 6.09 Å². The van der Waals surface area contributed by atoms with E-state index in [1.807, 2.05) is 18.2 Å². The minimum absolute atomic E-state index is 0.0407. The summed E-state index contributed by atoms with van der Waals surface area (Å²) in [6, 6.07) is 8.32. The van der Waals surface area contributed by atoms with E-state index in [1.54, 1.807) is 12.1 Å². The maximum absolute atomic E-state index is 13.1. The molecule has 2 aliphatic rings. The van der Waals surface area contributed by atoms with Gasteiger partial charge in [0.2, 0.25) is 6.43 Å². The number of hydrogen-bond acceptors (Lipinski definition) is 4. The highest BCUT2D eigenvalue weighted by atomic mass is 19.3. The number of rotatable bonds is 3. The molecule has 1 amide bonds. The number of amides is 1. The Morgan fingerprint density at radius 2 is 2.14 bits per heavy atom. The zero-order valence-corrected chi connectivity index (χ0v) is 11.8. The fraction of sp³-hybridized carbons (Fsp3) is 0.533. The van der Waals surface area contributed by atoms with Crippen molar-refractivity contribution in [3.05, 3.63) is 35.9 Å². The first-order chi connectivity index (χ1) is 10.6. The van der Waals surface area contributed by atoms with E-state index in [4.69, 9.17) is 9.47 Å². The van der Waals surface area contributed by atoms with Gasteiger partial charge in [0.05, 0.1) is 24.7 Å². The number of hydrogen-bond donors (Lipinski definition) is 1. The molecule has 1 N–H and O–H groups in total. The lowest BCUT2D eigenvalue weighted by Crippen LogP contribution is -2.44. The average molecular weight is 313 g/mol. The molecule has 7 heteroatoms. The molecule has 0 radical (unpaired) electrons. The molecule has 1 aromatic rings. The number of likely N-dealkylation sites (tertiary alicyclic amines) is 1. The number of carbonyl (C=O) groups is 1. The van der Waals surface area contributed by atoms with Crippen molar-refractivity contribution in [1.82, 2.24) is 4.90 Å². The molecule has 0 bridgehead atoms. The van der Waals surface area contributed by atoms with Crippen molar-refractivity contribution in [2.75, 3.05) is 13.2 Å². The van der Waals surface area contributed by atoms with E-state index in [2.05, 4.69) is 0 Å². The Labute approximate surface area is 126 Å². The molecule has 2 heterocycles. The standard InChI is InChI=1S/C15H17F2NO4/c16-14(17)10-6-18(12-11(19)8-21-13(10)12)15(20)22-7-9-4-2-1-3-5-9/h1-5,10-14,19H,6-8H2/t10-,11+,12-,13-/m1/s1. The van der Waals surface area contributed by atoms with E-state index in [0.29, 0.717) is 0 Å². The number of ether oxygens (including phenoxy) is 2. The summed E-state index contributed by atoms with van der Waals surface area (Å²) in [6.45, 7) is -0.150. The van der Waals surface area contributed by atoms with Gasteiger partial charge in [-0.1, -0.05) is 30.3 Å². The zero-order valence-electron chi connectivity index (χ0n) is 11.8. The van der Waals surface area contributed by atoms with Crippen molar-refractivity contribution in [3.63, 3.8) is 0 Å². The van der Waals surface area contributed by atoms with Gasteiger partial charge in [-0.05, 0) is 5.56 Å². The molecule has 0 aliphatic carbocycles. The van der Waals surface area contributed by atoms with Crippen LogP contribution in [0.5, 0.6) is 0 Å². The Hall–Kier alpha value is -1.73. The third-order valence-corrected chi connectivity index (χ3v) is 4.14. The Balaban J connectivity index is 1.66. The molecule has 5 nitrogen and oxygen atoms in total. The summed E-state index contributed by atoms with van der Waals surface area (Å²) in [7, 11) is 0. The Morgan fingerprint density at radius 3 is 2.82 bits per heavy atom. The fourth-order valence-corrected chi connectivity index (χ4v) is 3.06. The monoisotopic (exact) mass is 313 g/mol. The van der Waals surface area contributed by atoms with E-state index in [9.17, 15) is 18.7 Å². The molecule has 0 spiro atoms. The van der Waals surface area contributed by atoms with Crippen LogP contribution in [0.25, 0.3) is 0 Å². The third-order valence-electron chi connectivity index (χ3n) is 4.14. The molecule has 22 heavy (non-hydrogen) atoms. The highest BCUT2D eigenvalue weighted by molar-refractivity contribution is 5.69. The lowest BCUT2D eigenvalue weighted by atomic mass is 10.0. The van der Waals surface area contributed by atoms with Crippen molar-refractivity contribution in [1.29, 1.82) is 0 Å². The lowest BCUT2D eigenvalue weighted by Gasteiger charge is -2.24. The van der Waals surface area contributed by atoms with Gasteiger partial charge in [0.15, 0.2) is 0 Å². The van der Waals surface area contributed by atoms with Crippen molar-refractivity contribution < 1.29 is 28.2 Å². The van der Waals surface area contributed by atoms with Gasteiger partial charge in [0, 0.05) is 6.54 Å². The van der Waals surface area contributed by atoms with E-state index in [0.717, 1.165) is 5.56 Å². The fourth-order valence-electron chi connectivity index (χ4n) is 3.06. The Morgan fingerprint density at radius 1 is 1.41 bits per heavy atom. The maximum Gasteiger partial charge on any atom is 0.410 e. The van der Waals surface area contributed by atoms with E-state index >= 15 is 0 Å². The molecule has 2 saturated heterocycles. The van der Waals surface area contributed by atoms with Crippen molar-refractivity contribution in [2.24, 2.45) is 5.92 Å². The predicted octanol–water partition coefficient (Wildman–Crippen LogP) is 1.65. The lowest BCUT2D eigenvalue weighted by molar-refractivity contribution is -0.00822. The molecule has 120 valence electrons. The van der Waals surface area contributed by atoms with E-state index in [-0.39, 0.29) is 19.8 Å². The maximum atomic E-state index is 13.1. The Bertz CT molecular complexity index is 528. The first-order valence-corrected chi connectivity index (χ1v) is 7.13. The van der Waals surface area contributed by atoms with Gasteiger partial charge in [-0.2, -0.15) is 0 Å². The van der Waals surface area contributed by atoms with Gasteiger partial charge in [-0.25, -0.2) is 13.6 Å². The number of fused-ring (bicyclic) bond motifs is 1. The molecule has 2 fully saturated rings. The molecule has 0 saturated carbocycles. The van der Waals surface area contributed by atoms with E-state index < -0.39 is 36.7 Å². The number of nitrogens with zero attached hydrogens (tertiary/aromatic N) is 1. The first kappa shape index (κ1) is 15.2. The Kier molecular flexibility index (Phi) is 4.26. The second kappa shape index (κ2) is 6.18. The van der Waals surface area contributed by atoms with Crippen LogP contribution in [0, 0.1) is 5.92 Å². The van der Waals surface area contributed by atoms with Crippen LogP contribution in [0.1, 0.15) is 5.56 Å². The summed E-state index contributed by atoms with van der Waals surface area (Å²) in [6.07, 6.45) is -5.10. The van der Waals surface area contributed by atoms with Gasteiger partial charge in [0.25, 0.3) is 0 Å². The molecular weight excluding hydrogens is 296 g/mol. The minimum Gasteiger partial charge on any atom is -0.445 e. The normalized spacial score (nSPS) is 30.6. The number of aliphatic hydroxyl groups is 1. The number of aliphatic hydroxyl groups excluding tert-OH is 1. The molecule has 4 atom stereocenters. The summed E-state index contributed by atoms with van der Waals surface area (Å²) < 4.78 is 36.5. The first-order valence-electron chi connectivity index (χ1n) is 7.13. The zero-order chi connectivity index (χ0) is 15.7. The van der Waals surface area contributed by atoms with Gasteiger partial charge in [-0.15, -0.1) is 0 Å². The summed E-state index contributed by atoms with van der Waals surface area (Å²) in [5, 5.41) is 9.88. The summed E-state index contributed by atoms with van der Waals surface area (Å²) in [4.78, 5) is 13.3. The summed E-state index contributed by atoms with van der Waals surface area (Å²) in [5.74, 6) is -1.09. The van der Waals surface area contributed by atoms with Crippen LogP contribution in [-0.2, 0) is 16.1 Å². The second-order valence-electron chi connectivity index (χ2n) is 5.55. The van der Waals surface area contributed by atoms with Crippen LogP contribution in [-0.4, -0.2) is 53.9 Å². The van der Waals surface area contributed by atoms with Gasteiger partial charge in [-0.3, -0.25) is 4.90 Å². The van der Waals surface area contributed by atoms with Crippen molar-refractivity contribution in [3.8, 4) is 0 Å². The van der Waals surface area contributed by atoms with Crippen LogP contribution in [0.3, 0.4) is 0 Å². The molecule has 1 aromatic carbocycles. The van der Waals surface area contributed by atoms with Crippen molar-refractivity contribution >= 4 is 6.09 Å². The average Bonchev–Trinajstić information content (AvgIpc) is 3.07. The van der Waals surface area contributed by atoms with E-state index in [1.165, 1.54) is 4.90 Å². The highest BCUT2D eigenvalue weighted by Gasteiger charge is 2.55. The number of halogens is 2. The minimum atomic E-state index is -2.61. The van der Waals surface area contributed by atoms with Gasteiger partial charge in [0.1, 0.15) is 12.7 Å². The summed E-state index contributed by atoms with van der Waals surface area (Å²) >= 11 is 0. The smallest absolute Gasteiger partial charge is 0.410 e. The quantitative estimate of drug-likeness (QED) is 0.922. The third kappa shape index (κ3) is 2.78. The molecule has 0 unspecified atom stereocenters. The van der Waals surface area contributed by atoms with Crippen LogP contribution >= 0.6 is 0 Å². The predicted molar refractivity (Wildman–Crippen MR) is 72.4 cm³/mol. The SMILES string of the molecule is O=C(OCc1ccccc1)N1C[C@@H](C(F)F)[C@H]2OC[C@H](O)[C@H]21. The van der Waals surface area contributed by atoms with Crippen LogP contribution in [0.4, 0.5) is 13.6 Å². The van der Waals surface area contributed by atoms with Crippen molar-refractivity contribution in [2.45, 2.75) is 31.3 Å². The summed E-state index contributed by atoms with van der Waals surface area (Å²) in [5.41, 5.74) is 0.806. The molecule has 0 aromatic heterocycles. The van der Waals surface area contributed by atoms with Crippen LogP contribution in [0.15, 0.2) is 30.3 Å². The number of carbonyl (C=O) groups excluding carboxylic acids is 1. The molecular formula is C15H17F2NO4. The largest absolute Gasteiger partial charge is 0.445 e. The number of benzene rings is 1. The number of alkyl halides is 2. The van der Waals surface area contributed by atoms with Crippen LogP contribution in [0.2, 0.25) is 0 Å².